The maximum Gasteiger partial charge on any atom is 0.282 e. The molecule has 0 fully saturated rings. The highest BCUT2D eigenvalue weighted by Gasteiger charge is 2.21. The SMILES string of the molecule is COc1ccc(C2COC(N)=N2)cc1C.Cc1ccccc1[C@H]1COC(N)=N1.NC1=NC(c2ccc(OCc3ccccc3)cc2)CO1. The first kappa shape index (κ1) is 33.6. The maximum absolute atomic E-state index is 5.74. The number of benzene rings is 4. The third kappa shape index (κ3) is 9.18. The fraction of sp³-hybridized carbons (Fsp3) is 0.270. The maximum atomic E-state index is 5.74. The lowest BCUT2D eigenvalue weighted by molar-refractivity contribution is 0.305. The van der Waals surface area contributed by atoms with E-state index in [1.165, 1.54) is 11.1 Å². The number of amidine groups is 3. The summed E-state index contributed by atoms with van der Waals surface area (Å²) in [5.74, 6) is 1.73. The van der Waals surface area contributed by atoms with E-state index in [1.54, 1.807) is 7.11 Å². The topological polar surface area (TPSA) is 161 Å². The zero-order chi connectivity index (χ0) is 33.9. The van der Waals surface area contributed by atoms with Crippen LogP contribution in [-0.2, 0) is 20.8 Å². The summed E-state index contributed by atoms with van der Waals surface area (Å²) in [7, 11) is 1.66. The Morgan fingerprint density at radius 1 is 0.625 bits per heavy atom. The van der Waals surface area contributed by atoms with E-state index in [-0.39, 0.29) is 30.2 Å². The molecule has 3 heterocycles. The Kier molecular flexibility index (Phi) is 11.4. The normalized spacial score (nSPS) is 19.1. The molecule has 0 saturated carbocycles. The van der Waals surface area contributed by atoms with Crippen LogP contribution in [0.1, 0.15) is 51.5 Å². The van der Waals surface area contributed by atoms with Crippen LogP contribution in [0.5, 0.6) is 11.5 Å². The van der Waals surface area contributed by atoms with E-state index >= 15 is 0 Å². The van der Waals surface area contributed by atoms with E-state index in [0.717, 1.165) is 33.8 Å². The quantitative estimate of drug-likeness (QED) is 0.239. The van der Waals surface area contributed by atoms with Gasteiger partial charge in [0.25, 0.3) is 18.1 Å². The smallest absolute Gasteiger partial charge is 0.282 e. The first-order chi connectivity index (χ1) is 23.3. The number of rotatable bonds is 7. The van der Waals surface area contributed by atoms with Gasteiger partial charge in [-0.2, -0.15) is 0 Å². The summed E-state index contributed by atoms with van der Waals surface area (Å²) in [5.41, 5.74) is 23.3. The van der Waals surface area contributed by atoms with Crippen molar-refractivity contribution in [3.63, 3.8) is 0 Å². The van der Waals surface area contributed by atoms with E-state index in [2.05, 4.69) is 40.1 Å². The van der Waals surface area contributed by atoms with E-state index in [4.69, 9.17) is 40.9 Å². The molecule has 4 aromatic rings. The number of methoxy groups -OCH3 is 1. The molecule has 3 atom stereocenters. The molecule has 0 spiro atoms. The van der Waals surface area contributed by atoms with Crippen LogP contribution in [0.25, 0.3) is 0 Å². The second-order valence-electron chi connectivity index (χ2n) is 11.3. The monoisotopic (exact) mass is 650 g/mol. The Hall–Kier alpha value is -5.71. The van der Waals surface area contributed by atoms with E-state index < -0.39 is 0 Å². The van der Waals surface area contributed by atoms with Crippen molar-refractivity contribution in [3.05, 3.63) is 130 Å². The Balaban J connectivity index is 0.000000145. The summed E-state index contributed by atoms with van der Waals surface area (Å²) in [6.07, 6.45) is 0. The Morgan fingerprint density at radius 3 is 1.71 bits per heavy atom. The number of aliphatic imine (C=N–C) groups is 3. The van der Waals surface area contributed by atoms with Gasteiger partial charge in [0.05, 0.1) is 7.11 Å². The van der Waals surface area contributed by atoms with Crippen LogP contribution in [0.4, 0.5) is 0 Å². The largest absolute Gasteiger partial charge is 0.496 e. The first-order valence-corrected chi connectivity index (χ1v) is 15.6. The van der Waals surface area contributed by atoms with Gasteiger partial charge < -0.3 is 40.9 Å². The minimum atomic E-state index is -0.00169. The fourth-order valence-corrected chi connectivity index (χ4v) is 5.27. The first-order valence-electron chi connectivity index (χ1n) is 15.6. The molecule has 0 radical (unpaired) electrons. The third-order valence-corrected chi connectivity index (χ3v) is 7.88. The van der Waals surface area contributed by atoms with Crippen molar-refractivity contribution in [1.29, 1.82) is 0 Å². The van der Waals surface area contributed by atoms with Crippen LogP contribution >= 0.6 is 0 Å². The van der Waals surface area contributed by atoms with Gasteiger partial charge in [-0.15, -0.1) is 0 Å². The minimum absolute atomic E-state index is 0.00169. The molecule has 11 nitrogen and oxygen atoms in total. The number of ether oxygens (including phenoxy) is 5. The summed E-state index contributed by atoms with van der Waals surface area (Å²) in [6.45, 7) is 6.24. The van der Waals surface area contributed by atoms with Gasteiger partial charge in [-0.3, -0.25) is 0 Å². The zero-order valence-corrected chi connectivity index (χ0v) is 27.4. The van der Waals surface area contributed by atoms with Gasteiger partial charge in [0.15, 0.2) is 0 Å². The van der Waals surface area contributed by atoms with E-state index in [1.807, 2.05) is 85.8 Å². The lowest BCUT2D eigenvalue weighted by atomic mass is 10.0. The molecule has 0 bridgehead atoms. The van der Waals surface area contributed by atoms with Gasteiger partial charge >= 0.3 is 0 Å². The molecule has 7 rings (SSSR count). The number of aryl methyl sites for hydroxylation is 2. The summed E-state index contributed by atoms with van der Waals surface area (Å²) in [4.78, 5) is 12.6. The standard InChI is InChI=1S/C16H16N2O2.C11H14N2O2.C10H12N2O/c17-16-18-15(11-20-16)13-6-8-14(9-7-13)19-10-12-4-2-1-3-5-12;1-7-5-8(3-4-10(7)14-2)9-6-15-11(12)13-9;1-7-4-2-3-5-8(7)9-6-13-10(11)12-9/h1-9,15H,10-11H2,(H2,17,18);3-5,9H,6H2,1-2H3,(H2,12,13);2-5,9H,6H2,1H3,(H2,11,12)/t;;9-/m..1/s1. The second kappa shape index (κ2) is 16.2. The molecule has 2 unspecified atom stereocenters. The van der Waals surface area contributed by atoms with E-state index in [0.29, 0.717) is 32.4 Å². The lowest BCUT2D eigenvalue weighted by Crippen LogP contribution is -2.10. The number of nitrogens with two attached hydrogens (primary N) is 3. The Bertz CT molecular complexity index is 1740. The van der Waals surface area contributed by atoms with Crippen molar-refractivity contribution in [1.82, 2.24) is 0 Å². The van der Waals surface area contributed by atoms with Crippen LogP contribution in [0, 0.1) is 13.8 Å². The molecule has 0 saturated heterocycles. The number of nitrogens with zero attached hydrogens (tertiary/aromatic N) is 3. The van der Waals surface area contributed by atoms with Crippen LogP contribution < -0.4 is 26.7 Å². The molecule has 11 heteroatoms. The minimum Gasteiger partial charge on any atom is -0.496 e. The molecule has 0 amide bonds. The van der Waals surface area contributed by atoms with Crippen LogP contribution in [0.3, 0.4) is 0 Å². The highest BCUT2D eigenvalue weighted by atomic mass is 16.5. The van der Waals surface area contributed by atoms with Gasteiger partial charge in [-0.25, -0.2) is 15.0 Å². The lowest BCUT2D eigenvalue weighted by Gasteiger charge is -2.09. The average Bonchev–Trinajstić information content (AvgIpc) is 3.86. The van der Waals surface area contributed by atoms with Crippen molar-refractivity contribution in [2.24, 2.45) is 32.2 Å². The van der Waals surface area contributed by atoms with Gasteiger partial charge in [0.1, 0.15) is 56.1 Å². The molecule has 250 valence electrons. The second-order valence-corrected chi connectivity index (χ2v) is 11.3. The molecule has 6 N–H and O–H groups in total. The van der Waals surface area contributed by atoms with Gasteiger partial charge in [0, 0.05) is 0 Å². The van der Waals surface area contributed by atoms with E-state index in [9.17, 15) is 0 Å². The molecule has 3 aliphatic rings. The van der Waals surface area contributed by atoms with Crippen molar-refractivity contribution in [2.45, 2.75) is 38.6 Å². The highest BCUT2D eigenvalue weighted by Crippen LogP contribution is 2.28. The summed E-state index contributed by atoms with van der Waals surface area (Å²) >= 11 is 0. The fourth-order valence-electron chi connectivity index (χ4n) is 5.27. The number of hydrogen-bond donors (Lipinski definition) is 3. The molecule has 3 aliphatic heterocycles. The highest BCUT2D eigenvalue weighted by molar-refractivity contribution is 5.74. The average molecular weight is 651 g/mol. The summed E-state index contributed by atoms with van der Waals surface area (Å²) < 4.78 is 26.3. The predicted molar refractivity (Wildman–Crippen MR) is 187 cm³/mol. The molecule has 48 heavy (non-hydrogen) atoms. The Morgan fingerprint density at radius 2 is 1.17 bits per heavy atom. The van der Waals surface area contributed by atoms with Crippen LogP contribution in [-0.4, -0.2) is 45.0 Å². The summed E-state index contributed by atoms with van der Waals surface area (Å²) in [5, 5.41) is 0. The molecular weight excluding hydrogens is 608 g/mol. The van der Waals surface area contributed by atoms with Gasteiger partial charge in [-0.1, -0.05) is 78.9 Å². The van der Waals surface area contributed by atoms with Crippen molar-refractivity contribution < 1.29 is 23.7 Å². The van der Waals surface area contributed by atoms with Crippen molar-refractivity contribution in [3.8, 4) is 11.5 Å². The summed E-state index contributed by atoms with van der Waals surface area (Å²) in [6, 6.07) is 33.0. The molecule has 4 aromatic carbocycles. The zero-order valence-electron chi connectivity index (χ0n) is 27.4. The molecule has 0 aromatic heterocycles. The van der Waals surface area contributed by atoms with Gasteiger partial charge in [0.2, 0.25) is 0 Å². The van der Waals surface area contributed by atoms with Crippen molar-refractivity contribution in [2.75, 3.05) is 26.9 Å². The molecule has 0 aliphatic carbocycles. The third-order valence-electron chi connectivity index (χ3n) is 7.88. The van der Waals surface area contributed by atoms with Crippen molar-refractivity contribution >= 4 is 18.1 Å². The number of hydrogen-bond acceptors (Lipinski definition) is 11. The Labute approximate surface area is 281 Å². The molecular formula is C37H42N6O5. The predicted octanol–water partition coefficient (Wildman–Crippen LogP) is 5.42. The van der Waals surface area contributed by atoms with Crippen LogP contribution in [0.15, 0.2) is 112 Å². The van der Waals surface area contributed by atoms with Gasteiger partial charge in [-0.05, 0) is 65.4 Å². The van der Waals surface area contributed by atoms with Crippen LogP contribution in [0.2, 0.25) is 0 Å².